The first-order valence-electron chi connectivity index (χ1n) is 6.85. The van der Waals surface area contributed by atoms with Gasteiger partial charge in [-0.25, -0.2) is 0 Å². The molecule has 1 amide bonds. The number of hydrogen-bond acceptors (Lipinski definition) is 2. The van der Waals surface area contributed by atoms with Crippen LogP contribution < -0.4 is 0 Å². The highest BCUT2D eigenvalue weighted by molar-refractivity contribution is 5.78. The number of hydrogen-bond donors (Lipinski definition) is 1. The first kappa shape index (κ1) is 13.8. The van der Waals surface area contributed by atoms with Gasteiger partial charge in [0, 0.05) is 12.5 Å². The third-order valence-electron chi connectivity index (χ3n) is 3.74. The normalized spacial score (nSPS) is 21.2. The Labute approximate surface area is 114 Å². The van der Waals surface area contributed by atoms with Gasteiger partial charge in [-0.1, -0.05) is 36.4 Å². The average molecular weight is 259 g/mol. The molecule has 1 aliphatic heterocycles. The maximum absolute atomic E-state index is 12.2. The van der Waals surface area contributed by atoms with Crippen molar-refractivity contribution < 1.29 is 9.90 Å². The number of carbonyl (C=O) groups is 1. The van der Waals surface area contributed by atoms with Crippen LogP contribution in [0, 0.1) is 0 Å². The molecule has 2 atom stereocenters. The molecule has 1 saturated heterocycles. The van der Waals surface area contributed by atoms with Crippen molar-refractivity contribution in [1.29, 1.82) is 0 Å². The van der Waals surface area contributed by atoms with E-state index in [4.69, 9.17) is 0 Å². The summed E-state index contributed by atoms with van der Waals surface area (Å²) in [7, 11) is 0. The number of carbonyl (C=O) groups excluding carboxylic acids is 1. The van der Waals surface area contributed by atoms with E-state index in [-0.39, 0.29) is 24.6 Å². The molecule has 0 spiro atoms. The first-order chi connectivity index (χ1) is 9.27. The largest absolute Gasteiger partial charge is 0.394 e. The van der Waals surface area contributed by atoms with E-state index < -0.39 is 0 Å². The Hall–Kier alpha value is -1.61. The van der Waals surface area contributed by atoms with Gasteiger partial charge in [0.1, 0.15) is 0 Å². The molecular formula is C16H21NO2. The lowest BCUT2D eigenvalue weighted by Crippen LogP contribution is -2.46. The molecule has 19 heavy (non-hydrogen) atoms. The molecule has 3 heteroatoms. The number of benzene rings is 1. The molecule has 0 aliphatic carbocycles. The smallest absolute Gasteiger partial charge is 0.223 e. The van der Waals surface area contributed by atoms with Gasteiger partial charge in [-0.2, -0.15) is 0 Å². The van der Waals surface area contributed by atoms with E-state index in [2.05, 4.69) is 6.58 Å². The van der Waals surface area contributed by atoms with Gasteiger partial charge in [0.25, 0.3) is 0 Å². The van der Waals surface area contributed by atoms with Crippen LogP contribution in [-0.4, -0.2) is 28.6 Å². The summed E-state index contributed by atoms with van der Waals surface area (Å²) in [4.78, 5) is 14.1. The molecule has 1 aliphatic rings. The van der Waals surface area contributed by atoms with Crippen molar-refractivity contribution in [2.24, 2.45) is 0 Å². The van der Waals surface area contributed by atoms with Gasteiger partial charge in [0.15, 0.2) is 0 Å². The predicted octanol–water partition coefficient (Wildman–Crippen LogP) is 2.68. The van der Waals surface area contributed by atoms with Crippen molar-refractivity contribution in [2.75, 3.05) is 6.61 Å². The highest BCUT2D eigenvalue weighted by Gasteiger charge is 2.33. The summed E-state index contributed by atoms with van der Waals surface area (Å²) in [6.45, 7) is 3.73. The van der Waals surface area contributed by atoms with E-state index in [1.54, 1.807) is 0 Å². The molecular weight excluding hydrogens is 238 g/mol. The lowest BCUT2D eigenvalue weighted by Gasteiger charge is -2.40. The number of piperidine rings is 1. The lowest BCUT2D eigenvalue weighted by molar-refractivity contribution is -0.140. The summed E-state index contributed by atoms with van der Waals surface area (Å²) in [6, 6.07) is 9.68. The van der Waals surface area contributed by atoms with E-state index in [1.807, 2.05) is 41.3 Å². The number of amides is 1. The van der Waals surface area contributed by atoms with Gasteiger partial charge in [-0.05, 0) is 24.8 Å². The molecule has 102 valence electrons. The fraction of sp³-hybridized carbons (Fsp3) is 0.438. The second kappa shape index (κ2) is 6.53. The van der Waals surface area contributed by atoms with E-state index in [9.17, 15) is 9.90 Å². The average Bonchev–Trinajstić information content (AvgIpc) is 2.44. The number of aliphatic hydroxyl groups excluding tert-OH is 1. The highest BCUT2D eigenvalue weighted by atomic mass is 16.3. The van der Waals surface area contributed by atoms with Crippen LogP contribution in [0.1, 0.15) is 37.3 Å². The Morgan fingerprint density at radius 1 is 1.42 bits per heavy atom. The maximum Gasteiger partial charge on any atom is 0.223 e. The minimum Gasteiger partial charge on any atom is -0.394 e. The Balaban J connectivity index is 2.27. The second-order valence-corrected chi connectivity index (χ2v) is 4.98. The van der Waals surface area contributed by atoms with Gasteiger partial charge < -0.3 is 10.0 Å². The van der Waals surface area contributed by atoms with Crippen molar-refractivity contribution in [3.05, 3.63) is 48.6 Å². The summed E-state index contributed by atoms with van der Waals surface area (Å²) < 4.78 is 0. The Morgan fingerprint density at radius 2 is 2.16 bits per heavy atom. The van der Waals surface area contributed by atoms with Crippen molar-refractivity contribution in [1.82, 2.24) is 4.90 Å². The van der Waals surface area contributed by atoms with E-state index in [0.29, 0.717) is 6.42 Å². The number of likely N-dealkylation sites (tertiary alicyclic amines) is 1. The van der Waals surface area contributed by atoms with Gasteiger partial charge in [-0.15, -0.1) is 6.58 Å². The van der Waals surface area contributed by atoms with Crippen LogP contribution in [-0.2, 0) is 4.79 Å². The lowest BCUT2D eigenvalue weighted by atomic mass is 9.94. The van der Waals surface area contributed by atoms with Crippen molar-refractivity contribution >= 4 is 5.91 Å². The minimum atomic E-state index is -0.237. The summed E-state index contributed by atoms with van der Waals surface area (Å²) in [5.41, 5.74) is 0.995. The topological polar surface area (TPSA) is 40.5 Å². The predicted molar refractivity (Wildman–Crippen MR) is 75.6 cm³/mol. The Morgan fingerprint density at radius 3 is 2.79 bits per heavy atom. The van der Waals surface area contributed by atoms with Crippen molar-refractivity contribution in [3.63, 3.8) is 0 Å². The fourth-order valence-electron chi connectivity index (χ4n) is 2.84. The van der Waals surface area contributed by atoms with Crippen LogP contribution >= 0.6 is 0 Å². The van der Waals surface area contributed by atoms with Crippen molar-refractivity contribution in [2.45, 2.75) is 37.8 Å². The summed E-state index contributed by atoms with van der Waals surface area (Å²) in [6.07, 6.45) is 5.14. The summed E-state index contributed by atoms with van der Waals surface area (Å²) >= 11 is 0. The highest BCUT2D eigenvalue weighted by Crippen LogP contribution is 2.30. The number of aliphatic hydroxyl groups is 1. The molecule has 1 aromatic rings. The second-order valence-electron chi connectivity index (χ2n) is 4.98. The molecule has 2 rings (SSSR count). The third-order valence-corrected chi connectivity index (χ3v) is 3.74. The van der Waals surface area contributed by atoms with Crippen LogP contribution in [0.5, 0.6) is 0 Å². The van der Waals surface area contributed by atoms with Gasteiger partial charge in [0.05, 0.1) is 12.6 Å². The zero-order chi connectivity index (χ0) is 13.7. The molecule has 0 radical (unpaired) electrons. The maximum atomic E-state index is 12.2. The Bertz CT molecular complexity index is 430. The van der Waals surface area contributed by atoms with Crippen molar-refractivity contribution in [3.8, 4) is 0 Å². The molecule has 1 aromatic carbocycles. The summed E-state index contributed by atoms with van der Waals surface area (Å²) in [5.74, 6) is 0.140. The first-order valence-corrected chi connectivity index (χ1v) is 6.85. The van der Waals surface area contributed by atoms with Crippen LogP contribution in [0.3, 0.4) is 0 Å². The van der Waals surface area contributed by atoms with Gasteiger partial charge in [0.2, 0.25) is 5.91 Å². The molecule has 0 aromatic heterocycles. The Kier molecular flexibility index (Phi) is 4.74. The van der Waals surface area contributed by atoms with Crippen LogP contribution in [0.4, 0.5) is 0 Å². The fourth-order valence-corrected chi connectivity index (χ4v) is 2.84. The van der Waals surface area contributed by atoms with Crippen LogP contribution in [0.15, 0.2) is 43.0 Å². The van der Waals surface area contributed by atoms with E-state index in [0.717, 1.165) is 24.8 Å². The molecule has 1 fully saturated rings. The number of rotatable bonds is 5. The quantitative estimate of drug-likeness (QED) is 0.826. The molecule has 0 saturated carbocycles. The van der Waals surface area contributed by atoms with Gasteiger partial charge in [-0.3, -0.25) is 4.79 Å². The monoisotopic (exact) mass is 259 g/mol. The van der Waals surface area contributed by atoms with Crippen LogP contribution in [0.25, 0.3) is 0 Å². The molecule has 1 N–H and O–H groups in total. The molecule has 1 heterocycles. The van der Waals surface area contributed by atoms with Crippen LogP contribution in [0.2, 0.25) is 0 Å². The molecule has 0 unspecified atom stereocenters. The molecule has 3 nitrogen and oxygen atoms in total. The van der Waals surface area contributed by atoms with E-state index >= 15 is 0 Å². The zero-order valence-corrected chi connectivity index (χ0v) is 11.2. The number of nitrogens with zero attached hydrogens (tertiary/aromatic N) is 1. The summed E-state index contributed by atoms with van der Waals surface area (Å²) in [5, 5.41) is 9.72. The van der Waals surface area contributed by atoms with Gasteiger partial charge >= 0.3 is 0 Å². The molecule has 0 bridgehead atoms. The van der Waals surface area contributed by atoms with E-state index in [1.165, 1.54) is 0 Å². The zero-order valence-electron chi connectivity index (χ0n) is 11.2. The SMILES string of the molecule is C=CC[C@H]1CCCC(=O)N1[C@@H](CO)c1ccccc1. The minimum absolute atomic E-state index is 0.0383. The third kappa shape index (κ3) is 3.04. The standard InChI is InChI=1S/C16H21NO2/c1-2-7-14-10-6-11-16(19)17(14)15(12-18)13-8-4-3-5-9-13/h2-5,8-9,14-15,18H,1,6-7,10-12H2/t14-,15-/m0/s1.